The zero-order chi connectivity index (χ0) is 13.8. The van der Waals surface area contributed by atoms with Crippen LogP contribution in [0.2, 0.25) is 0 Å². The molecule has 0 aromatic carbocycles. The van der Waals surface area contributed by atoms with Gasteiger partial charge >= 0.3 is 6.03 Å². The van der Waals surface area contributed by atoms with Gasteiger partial charge in [0.25, 0.3) is 5.91 Å². The van der Waals surface area contributed by atoms with E-state index in [1.165, 1.54) is 0 Å². The number of carbonyl (C=O) groups excluding carboxylic acids is 2. The molecule has 0 bridgehead atoms. The topological polar surface area (TPSA) is 83.4 Å². The maximum Gasteiger partial charge on any atom is 0.333 e. The molecule has 1 aliphatic carbocycles. The van der Waals surface area contributed by atoms with Gasteiger partial charge in [-0.3, -0.25) is 10.2 Å². The molecule has 1 fully saturated rings. The maximum atomic E-state index is 11.8. The number of carbonyl (C=O) groups is 2. The van der Waals surface area contributed by atoms with Crippen LogP contribution in [0.3, 0.4) is 0 Å². The summed E-state index contributed by atoms with van der Waals surface area (Å²) in [7, 11) is 0. The van der Waals surface area contributed by atoms with Crippen LogP contribution in [0.25, 0.3) is 0 Å². The maximum absolute atomic E-state index is 11.8. The van der Waals surface area contributed by atoms with Crippen LogP contribution in [0.4, 0.5) is 4.79 Å². The van der Waals surface area contributed by atoms with E-state index in [1.54, 1.807) is 19.9 Å². The fourth-order valence-corrected chi connectivity index (χ4v) is 2.33. The Morgan fingerprint density at radius 2 is 1.89 bits per heavy atom. The van der Waals surface area contributed by atoms with Gasteiger partial charge in [0.05, 0.1) is 5.56 Å². The minimum atomic E-state index is -0.379. The van der Waals surface area contributed by atoms with Crippen LogP contribution >= 0.6 is 0 Å². The highest BCUT2D eigenvalue weighted by molar-refractivity contribution is 5.96. The van der Waals surface area contributed by atoms with Gasteiger partial charge in [0.2, 0.25) is 0 Å². The lowest BCUT2D eigenvalue weighted by Crippen LogP contribution is -2.49. The predicted octanol–water partition coefficient (Wildman–Crippen LogP) is 1.78. The third-order valence-electron chi connectivity index (χ3n) is 3.27. The number of amides is 3. The molecule has 0 radical (unpaired) electrons. The number of hydrazine groups is 1. The van der Waals surface area contributed by atoms with Gasteiger partial charge in [0, 0.05) is 6.04 Å². The Bertz CT molecular complexity index is 475. The van der Waals surface area contributed by atoms with Crippen molar-refractivity contribution >= 4 is 11.9 Å². The Morgan fingerprint density at radius 1 is 1.21 bits per heavy atom. The Morgan fingerprint density at radius 3 is 2.47 bits per heavy atom. The van der Waals surface area contributed by atoms with Crippen molar-refractivity contribution in [2.45, 2.75) is 45.6 Å². The van der Waals surface area contributed by atoms with Crippen molar-refractivity contribution in [2.75, 3.05) is 0 Å². The van der Waals surface area contributed by atoms with E-state index >= 15 is 0 Å². The molecule has 1 aromatic heterocycles. The van der Waals surface area contributed by atoms with E-state index in [9.17, 15) is 9.59 Å². The standard InChI is InChI=1S/C13H19N3O3/c1-8-7-11(9(2)19-8)12(17)15-16-13(18)14-10-5-3-4-6-10/h7,10H,3-6H2,1-2H3,(H,15,17)(H2,14,16,18). The number of hydrogen-bond donors (Lipinski definition) is 3. The van der Waals surface area contributed by atoms with E-state index in [-0.39, 0.29) is 18.0 Å². The van der Waals surface area contributed by atoms with Crippen LogP contribution < -0.4 is 16.2 Å². The molecule has 0 unspecified atom stereocenters. The monoisotopic (exact) mass is 265 g/mol. The lowest BCUT2D eigenvalue weighted by atomic mass is 10.2. The van der Waals surface area contributed by atoms with Gasteiger partial charge in [-0.15, -0.1) is 0 Å². The zero-order valence-corrected chi connectivity index (χ0v) is 11.2. The first kappa shape index (κ1) is 13.5. The number of furan rings is 1. The Labute approximate surface area is 111 Å². The van der Waals surface area contributed by atoms with Crippen molar-refractivity contribution in [3.05, 3.63) is 23.2 Å². The van der Waals surface area contributed by atoms with Gasteiger partial charge < -0.3 is 9.73 Å². The third kappa shape index (κ3) is 3.49. The van der Waals surface area contributed by atoms with Crippen LogP contribution in [0.5, 0.6) is 0 Å². The smallest absolute Gasteiger partial charge is 0.333 e. The molecule has 1 aromatic rings. The van der Waals surface area contributed by atoms with Crippen molar-refractivity contribution in [1.29, 1.82) is 0 Å². The van der Waals surface area contributed by atoms with Gasteiger partial charge in [0.1, 0.15) is 11.5 Å². The van der Waals surface area contributed by atoms with E-state index in [0.29, 0.717) is 17.1 Å². The van der Waals surface area contributed by atoms with Crippen LogP contribution in [-0.2, 0) is 0 Å². The lowest BCUT2D eigenvalue weighted by molar-refractivity contribution is 0.0934. The molecule has 6 heteroatoms. The van der Waals surface area contributed by atoms with E-state index < -0.39 is 0 Å². The van der Waals surface area contributed by atoms with Crippen LogP contribution in [0, 0.1) is 13.8 Å². The molecule has 1 heterocycles. The summed E-state index contributed by atoms with van der Waals surface area (Å²) in [4.78, 5) is 23.4. The highest BCUT2D eigenvalue weighted by atomic mass is 16.3. The average molecular weight is 265 g/mol. The number of nitrogens with one attached hydrogen (secondary N) is 3. The molecular formula is C13H19N3O3. The molecule has 1 aliphatic rings. The van der Waals surface area contributed by atoms with Crippen molar-refractivity contribution in [3.8, 4) is 0 Å². The molecule has 3 amide bonds. The molecule has 0 saturated heterocycles. The van der Waals surface area contributed by atoms with E-state index in [2.05, 4.69) is 16.2 Å². The van der Waals surface area contributed by atoms with Crippen molar-refractivity contribution in [2.24, 2.45) is 0 Å². The van der Waals surface area contributed by atoms with E-state index in [1.807, 2.05) is 0 Å². The Kier molecular flexibility index (Phi) is 4.09. The van der Waals surface area contributed by atoms with Crippen molar-refractivity contribution in [3.63, 3.8) is 0 Å². The Hall–Kier alpha value is -1.98. The molecular weight excluding hydrogens is 246 g/mol. The quantitative estimate of drug-likeness (QED) is 0.713. The molecule has 1 saturated carbocycles. The van der Waals surface area contributed by atoms with Gasteiger partial charge in [-0.05, 0) is 32.8 Å². The van der Waals surface area contributed by atoms with E-state index in [0.717, 1.165) is 25.7 Å². The van der Waals surface area contributed by atoms with Gasteiger partial charge in [0.15, 0.2) is 0 Å². The van der Waals surface area contributed by atoms with Crippen LogP contribution in [0.15, 0.2) is 10.5 Å². The Balaban J connectivity index is 1.79. The number of hydrogen-bond acceptors (Lipinski definition) is 3. The zero-order valence-electron chi connectivity index (χ0n) is 11.2. The molecule has 0 aliphatic heterocycles. The second-order valence-corrected chi connectivity index (χ2v) is 4.86. The molecule has 0 spiro atoms. The van der Waals surface area contributed by atoms with Crippen molar-refractivity contribution < 1.29 is 14.0 Å². The SMILES string of the molecule is Cc1cc(C(=O)NNC(=O)NC2CCCC2)c(C)o1. The first-order valence-electron chi connectivity index (χ1n) is 6.50. The molecule has 2 rings (SSSR count). The number of urea groups is 1. The number of rotatable bonds is 2. The minimum Gasteiger partial charge on any atom is -0.466 e. The van der Waals surface area contributed by atoms with Crippen LogP contribution in [0.1, 0.15) is 47.6 Å². The predicted molar refractivity (Wildman–Crippen MR) is 69.6 cm³/mol. The molecule has 0 atom stereocenters. The summed E-state index contributed by atoms with van der Waals surface area (Å²) in [6.45, 7) is 3.48. The summed E-state index contributed by atoms with van der Waals surface area (Å²) in [6.07, 6.45) is 4.29. The fourth-order valence-electron chi connectivity index (χ4n) is 2.33. The molecule has 19 heavy (non-hydrogen) atoms. The largest absolute Gasteiger partial charge is 0.466 e. The molecule has 6 nitrogen and oxygen atoms in total. The average Bonchev–Trinajstić information content (AvgIpc) is 2.96. The molecule has 3 N–H and O–H groups in total. The van der Waals surface area contributed by atoms with E-state index in [4.69, 9.17) is 4.42 Å². The summed E-state index contributed by atoms with van der Waals surface area (Å²) in [5, 5.41) is 2.82. The van der Waals surface area contributed by atoms with Crippen LogP contribution in [-0.4, -0.2) is 18.0 Å². The third-order valence-corrected chi connectivity index (χ3v) is 3.27. The highest BCUT2D eigenvalue weighted by Gasteiger charge is 2.18. The van der Waals surface area contributed by atoms with Gasteiger partial charge in [-0.2, -0.15) is 0 Å². The lowest BCUT2D eigenvalue weighted by Gasteiger charge is -2.13. The summed E-state index contributed by atoms with van der Waals surface area (Å²) in [5.41, 5.74) is 5.15. The minimum absolute atomic E-state index is 0.217. The molecule has 104 valence electrons. The second-order valence-electron chi connectivity index (χ2n) is 4.86. The van der Waals surface area contributed by atoms with Crippen molar-refractivity contribution in [1.82, 2.24) is 16.2 Å². The summed E-state index contributed by atoms with van der Waals surface area (Å²) < 4.78 is 5.26. The highest BCUT2D eigenvalue weighted by Crippen LogP contribution is 2.17. The summed E-state index contributed by atoms with van der Waals surface area (Å²) in [6, 6.07) is 1.48. The van der Waals surface area contributed by atoms with Gasteiger partial charge in [-0.25, -0.2) is 10.2 Å². The number of aryl methyl sites for hydroxylation is 2. The first-order valence-corrected chi connectivity index (χ1v) is 6.50. The summed E-state index contributed by atoms with van der Waals surface area (Å²) in [5.74, 6) is 0.821. The van der Waals surface area contributed by atoms with Gasteiger partial charge in [-0.1, -0.05) is 12.8 Å². The second kappa shape index (κ2) is 5.77. The normalized spacial score (nSPS) is 15.3. The fraction of sp³-hybridized carbons (Fsp3) is 0.538. The summed E-state index contributed by atoms with van der Waals surface area (Å²) >= 11 is 0. The first-order chi connectivity index (χ1) is 9.06.